The second-order valence-corrected chi connectivity index (χ2v) is 22.1. The molecule has 0 bridgehead atoms. The molecule has 3 aliphatic rings. The number of nitrogens with one attached hydrogen (secondary N) is 1. The first-order chi connectivity index (χ1) is 33.7. The lowest BCUT2D eigenvalue weighted by Crippen LogP contribution is -2.15. The number of hydrogen-bond acceptors (Lipinski definition) is 1. The maximum Gasteiger partial charge on any atom is 0.171 e. The first-order valence-electron chi connectivity index (χ1n) is 24.2. The molecule has 0 radical (unpaired) electrons. The Morgan fingerprint density at radius 3 is 1.41 bits per heavy atom. The molecule has 10 aromatic carbocycles. The van der Waals surface area contributed by atoms with Gasteiger partial charge in [-0.05, 0) is 178 Å². The van der Waals surface area contributed by atoms with Gasteiger partial charge in [0.25, 0.3) is 0 Å². The Labute approximate surface area is 406 Å². The second-order valence-electron chi connectivity index (χ2n) is 20.1. The summed E-state index contributed by atoms with van der Waals surface area (Å²) in [4.78, 5) is 0. The van der Waals surface area contributed by atoms with Gasteiger partial charge in [0.2, 0.25) is 0 Å². The molecule has 69 heavy (non-hydrogen) atoms. The molecule has 2 aliphatic carbocycles. The fourth-order valence-electron chi connectivity index (χ4n) is 11.5. The van der Waals surface area contributed by atoms with Crippen molar-refractivity contribution in [2.75, 3.05) is 5.32 Å². The van der Waals surface area contributed by atoms with Crippen LogP contribution in [0.1, 0.15) is 49.9 Å². The van der Waals surface area contributed by atoms with Crippen LogP contribution in [0.2, 0.25) is 0 Å². The normalized spacial score (nSPS) is 14.0. The van der Waals surface area contributed by atoms with Crippen molar-refractivity contribution >= 4 is 40.5 Å². The summed E-state index contributed by atoms with van der Waals surface area (Å²) in [5.74, 6) is 2.36. The zero-order chi connectivity index (χ0) is 46.4. The van der Waals surface area contributed by atoms with Crippen molar-refractivity contribution in [2.45, 2.75) is 38.5 Å². The summed E-state index contributed by atoms with van der Waals surface area (Å²) in [6.45, 7) is 9.38. The Morgan fingerprint density at radius 2 is 0.754 bits per heavy atom. The summed E-state index contributed by atoms with van der Waals surface area (Å²) in [5.41, 5.74) is 22.3. The highest BCUT2D eigenvalue weighted by Crippen LogP contribution is 2.62. The molecule has 0 saturated heterocycles. The van der Waals surface area contributed by atoms with Crippen LogP contribution in [0.15, 0.2) is 230 Å². The van der Waals surface area contributed by atoms with E-state index in [1.165, 1.54) is 116 Å². The van der Waals surface area contributed by atoms with E-state index in [4.69, 9.17) is 0 Å². The quantitative estimate of drug-likeness (QED) is 0.181. The van der Waals surface area contributed by atoms with Crippen LogP contribution in [-0.2, 0) is 10.8 Å². The van der Waals surface area contributed by atoms with Gasteiger partial charge in [0.15, 0.2) is 18.1 Å². The first kappa shape index (κ1) is 41.4. The van der Waals surface area contributed by atoms with Crippen molar-refractivity contribution < 1.29 is 0 Å². The topological polar surface area (TPSA) is 12.0 Å². The van der Waals surface area contributed by atoms with E-state index in [0.717, 1.165) is 11.4 Å². The van der Waals surface area contributed by atoms with E-state index in [2.05, 4.69) is 263 Å². The SMILES string of the molecule is CC1(C)c2cc(Nc3ccc(-c4ccc5c(c4)-c4cccc[p+]4-5)cc3)ccc2-c2ccc(-c3ccc4ccccc4c3)cc21.CC1(C)c2ccccc2-c2ccc(-c3ccc4ccccc4c3)cc21. The van der Waals surface area contributed by atoms with Crippen LogP contribution in [0.4, 0.5) is 11.4 Å². The summed E-state index contributed by atoms with van der Waals surface area (Å²) in [6, 6.07) is 82.7. The average molecular weight is 901 g/mol. The Kier molecular flexibility index (Phi) is 9.52. The van der Waals surface area contributed by atoms with Crippen molar-refractivity contribution in [2.24, 2.45) is 0 Å². The van der Waals surface area contributed by atoms with Crippen LogP contribution in [0.3, 0.4) is 0 Å². The van der Waals surface area contributed by atoms with Gasteiger partial charge in [-0.3, -0.25) is 0 Å². The van der Waals surface area contributed by atoms with Crippen LogP contribution >= 0.6 is 7.53 Å². The summed E-state index contributed by atoms with van der Waals surface area (Å²) in [5, 5.41) is 11.8. The van der Waals surface area contributed by atoms with E-state index in [0.29, 0.717) is 0 Å². The van der Waals surface area contributed by atoms with Gasteiger partial charge in [0.05, 0.1) is 5.56 Å². The zero-order valence-electron chi connectivity index (χ0n) is 39.4. The molecule has 1 atom stereocenters. The van der Waals surface area contributed by atoms with Gasteiger partial charge in [0, 0.05) is 22.2 Å². The Balaban J connectivity index is 0.000000158. The molecule has 0 spiro atoms. The summed E-state index contributed by atoms with van der Waals surface area (Å²) in [7, 11) is -0.207. The summed E-state index contributed by atoms with van der Waals surface area (Å²) < 4.78 is 0. The standard InChI is InChI=1S/C42H31NP.C25H20/c1-42(2)38-25-32(30-11-10-27-7-3-4-8-29(27)23-30)14-19-35(38)36-20-18-34(26-39(36)42)43-33-16-12-28(13-17-33)31-15-21-41-37(24-31)40-9-5-6-22-44(40)41;1-25(2)23-10-6-5-9-21(23)22-14-13-20(16-24(22)25)19-12-11-17-7-3-4-8-18(17)15-19/h3-26,43H,1-2H3;3-16H,1-2H3/q+1;. The number of anilines is 2. The molecule has 0 amide bonds. The molecular formula is C67H51NP+. The van der Waals surface area contributed by atoms with E-state index in [1.54, 1.807) is 0 Å². The largest absolute Gasteiger partial charge is 0.356 e. The lowest BCUT2D eigenvalue weighted by atomic mass is 9.81. The zero-order valence-corrected chi connectivity index (χ0v) is 40.3. The van der Waals surface area contributed by atoms with E-state index in [-0.39, 0.29) is 18.4 Å². The minimum absolute atomic E-state index is 0.0544. The van der Waals surface area contributed by atoms with Gasteiger partial charge in [-0.1, -0.05) is 173 Å². The number of benzene rings is 10. The highest BCUT2D eigenvalue weighted by Gasteiger charge is 2.37. The average Bonchev–Trinajstić information content (AvgIpc) is 3.76. The molecule has 2 heteroatoms. The molecule has 2 heterocycles. The Bertz CT molecular complexity index is 3870. The number of fused-ring (bicyclic) bond motifs is 12. The summed E-state index contributed by atoms with van der Waals surface area (Å²) in [6.07, 6.45) is 0. The maximum atomic E-state index is 3.68. The molecule has 1 unspecified atom stereocenters. The lowest BCUT2D eigenvalue weighted by molar-refractivity contribution is 0.660. The molecule has 0 saturated carbocycles. The predicted molar refractivity (Wildman–Crippen MR) is 297 cm³/mol. The van der Waals surface area contributed by atoms with Crippen LogP contribution in [-0.4, -0.2) is 0 Å². The second kappa shape index (κ2) is 15.9. The highest BCUT2D eigenvalue weighted by molar-refractivity contribution is 7.62. The third-order valence-corrected chi connectivity index (χ3v) is 17.6. The van der Waals surface area contributed by atoms with E-state index in [9.17, 15) is 0 Å². The Morgan fingerprint density at radius 1 is 0.304 bits per heavy atom. The molecule has 1 aromatic heterocycles. The minimum Gasteiger partial charge on any atom is -0.356 e. The highest BCUT2D eigenvalue weighted by atomic mass is 31.1. The molecular weight excluding hydrogens is 850 g/mol. The van der Waals surface area contributed by atoms with E-state index < -0.39 is 0 Å². The van der Waals surface area contributed by atoms with Crippen molar-refractivity contribution in [3.05, 3.63) is 253 Å². The van der Waals surface area contributed by atoms with Gasteiger partial charge >= 0.3 is 0 Å². The monoisotopic (exact) mass is 900 g/mol. The third-order valence-electron chi connectivity index (χ3n) is 15.3. The van der Waals surface area contributed by atoms with Gasteiger partial charge < -0.3 is 5.32 Å². The first-order valence-corrected chi connectivity index (χ1v) is 25.6. The lowest BCUT2D eigenvalue weighted by Gasteiger charge is -2.23. The minimum atomic E-state index is -0.207. The van der Waals surface area contributed by atoms with Crippen molar-refractivity contribution in [1.82, 2.24) is 0 Å². The maximum absolute atomic E-state index is 3.68. The molecule has 1 N–H and O–H groups in total. The van der Waals surface area contributed by atoms with Crippen LogP contribution in [0, 0.1) is 0 Å². The molecule has 14 rings (SSSR count). The smallest absolute Gasteiger partial charge is 0.171 e. The van der Waals surface area contributed by atoms with Crippen LogP contribution in [0.5, 0.6) is 0 Å². The van der Waals surface area contributed by atoms with Gasteiger partial charge in [-0.25, -0.2) is 0 Å². The fourth-order valence-corrected chi connectivity index (χ4v) is 13.5. The Hall–Kier alpha value is -7.83. The van der Waals surface area contributed by atoms with Gasteiger partial charge in [0.1, 0.15) is 5.80 Å². The van der Waals surface area contributed by atoms with E-state index >= 15 is 0 Å². The molecule has 1 nitrogen and oxygen atoms in total. The van der Waals surface area contributed by atoms with Crippen molar-refractivity contribution in [1.29, 1.82) is 0 Å². The van der Waals surface area contributed by atoms with Crippen LogP contribution in [0.25, 0.3) is 93.3 Å². The molecule has 11 aromatic rings. The number of hydrogen-bond donors (Lipinski definition) is 1. The van der Waals surface area contributed by atoms with E-state index in [1.807, 2.05) is 0 Å². The van der Waals surface area contributed by atoms with Gasteiger partial charge in [-0.15, -0.1) is 0 Å². The van der Waals surface area contributed by atoms with Crippen molar-refractivity contribution in [3.63, 3.8) is 0 Å². The van der Waals surface area contributed by atoms with Crippen molar-refractivity contribution in [3.8, 4) is 71.8 Å². The molecule has 328 valence electrons. The third kappa shape index (κ3) is 6.87. The molecule has 1 aliphatic heterocycles. The molecule has 0 fully saturated rings. The van der Waals surface area contributed by atoms with Gasteiger partial charge in [-0.2, -0.15) is 0 Å². The number of rotatable bonds is 5. The fraction of sp³-hybridized carbons (Fsp3) is 0.0896. The summed E-state index contributed by atoms with van der Waals surface area (Å²) >= 11 is 0. The predicted octanol–water partition coefficient (Wildman–Crippen LogP) is 19.3. The van der Waals surface area contributed by atoms with Crippen LogP contribution < -0.4 is 5.32 Å².